The minimum Gasteiger partial charge on any atom is -0.342 e. The van der Waals surface area contributed by atoms with E-state index in [0.717, 1.165) is 25.0 Å². The molecule has 1 aromatic rings. The summed E-state index contributed by atoms with van der Waals surface area (Å²) in [5.41, 5.74) is -1.99. The van der Waals surface area contributed by atoms with E-state index in [4.69, 9.17) is 11.6 Å². The van der Waals surface area contributed by atoms with Gasteiger partial charge in [-0.2, -0.15) is 13.2 Å². The molecule has 0 unspecified atom stereocenters. The third-order valence-electron chi connectivity index (χ3n) is 3.01. The van der Waals surface area contributed by atoms with Crippen LogP contribution in [0.1, 0.15) is 35.2 Å². The minimum atomic E-state index is -4.82. The Morgan fingerprint density at radius 1 is 1.24 bits per heavy atom. The van der Waals surface area contributed by atoms with Crippen molar-refractivity contribution in [1.29, 1.82) is 0 Å². The Morgan fingerprint density at radius 3 is 2.48 bits per heavy atom. The van der Waals surface area contributed by atoms with Crippen molar-refractivity contribution in [2.45, 2.75) is 25.4 Å². The number of hydrogen-bond donors (Lipinski definition) is 0. The Hall–Kier alpha value is -1.30. The Bertz CT molecular complexity index is 490. The van der Waals surface area contributed by atoms with Crippen molar-refractivity contribution in [2.75, 3.05) is 19.5 Å². The minimum absolute atomic E-state index is 0.339. The monoisotopic (exact) mass is 325 g/mol. The first kappa shape index (κ1) is 17.8. The number of carbonyl (C=O) groups is 1. The molecule has 1 aromatic carbocycles. The number of benzene rings is 1. The topological polar surface area (TPSA) is 20.3 Å². The molecule has 7 heteroatoms. The Labute approximate surface area is 125 Å². The van der Waals surface area contributed by atoms with E-state index < -0.39 is 29.0 Å². The molecule has 118 valence electrons. The van der Waals surface area contributed by atoms with Crippen LogP contribution in [0, 0.1) is 5.82 Å². The summed E-state index contributed by atoms with van der Waals surface area (Å²) in [5, 5.41) is 0. The highest BCUT2D eigenvalue weighted by molar-refractivity contribution is 6.17. The number of carbonyl (C=O) groups excluding carboxylic acids is 1. The third-order valence-corrected chi connectivity index (χ3v) is 3.28. The molecule has 0 aliphatic heterocycles. The number of nitrogens with zero attached hydrogens (tertiary/aromatic N) is 1. The van der Waals surface area contributed by atoms with Crippen LogP contribution in [0.3, 0.4) is 0 Å². The quantitative estimate of drug-likeness (QED) is 0.433. The summed E-state index contributed by atoms with van der Waals surface area (Å²) in [7, 11) is 1.43. The van der Waals surface area contributed by atoms with E-state index in [2.05, 4.69) is 0 Å². The van der Waals surface area contributed by atoms with Gasteiger partial charge in [0.05, 0.1) is 11.1 Å². The molecule has 1 rings (SSSR count). The molecule has 0 N–H and O–H groups in total. The second-order valence-corrected chi connectivity index (χ2v) is 5.02. The summed E-state index contributed by atoms with van der Waals surface area (Å²) < 4.78 is 51.6. The fourth-order valence-electron chi connectivity index (χ4n) is 1.84. The maximum Gasteiger partial charge on any atom is 0.419 e. The summed E-state index contributed by atoms with van der Waals surface area (Å²) in [4.78, 5) is 13.2. The predicted molar refractivity (Wildman–Crippen MR) is 72.9 cm³/mol. The summed E-state index contributed by atoms with van der Waals surface area (Å²) in [6.07, 6.45) is -2.57. The van der Waals surface area contributed by atoms with E-state index in [9.17, 15) is 22.4 Å². The predicted octanol–water partition coefficient (Wildman–Crippen LogP) is 4.33. The van der Waals surface area contributed by atoms with Crippen molar-refractivity contribution in [2.24, 2.45) is 0 Å². The Balaban J connectivity index is 2.83. The van der Waals surface area contributed by atoms with Crippen LogP contribution in [-0.4, -0.2) is 30.3 Å². The zero-order valence-corrected chi connectivity index (χ0v) is 12.3. The highest BCUT2D eigenvalue weighted by Crippen LogP contribution is 2.32. The summed E-state index contributed by atoms with van der Waals surface area (Å²) in [6.45, 7) is 0.339. The number of alkyl halides is 4. The fourth-order valence-corrected chi connectivity index (χ4v) is 2.03. The largest absolute Gasteiger partial charge is 0.419 e. The Kier molecular flexibility index (Phi) is 6.45. The van der Waals surface area contributed by atoms with Crippen LogP contribution >= 0.6 is 11.6 Å². The fraction of sp³-hybridized carbons (Fsp3) is 0.500. The van der Waals surface area contributed by atoms with Gasteiger partial charge in [-0.3, -0.25) is 4.79 Å². The maximum atomic E-state index is 13.8. The first-order valence-corrected chi connectivity index (χ1v) is 6.99. The Morgan fingerprint density at radius 2 is 1.90 bits per heavy atom. The van der Waals surface area contributed by atoms with E-state index in [-0.39, 0.29) is 0 Å². The van der Waals surface area contributed by atoms with Gasteiger partial charge in [0.15, 0.2) is 0 Å². The van der Waals surface area contributed by atoms with Crippen molar-refractivity contribution >= 4 is 17.5 Å². The van der Waals surface area contributed by atoms with Gasteiger partial charge in [-0.1, -0.05) is 12.5 Å². The van der Waals surface area contributed by atoms with Crippen LogP contribution in [0.4, 0.5) is 17.6 Å². The van der Waals surface area contributed by atoms with Crippen LogP contribution in [0.25, 0.3) is 0 Å². The first-order chi connectivity index (χ1) is 9.79. The third kappa shape index (κ3) is 4.88. The first-order valence-electron chi connectivity index (χ1n) is 6.46. The van der Waals surface area contributed by atoms with E-state index in [1.54, 1.807) is 0 Å². The van der Waals surface area contributed by atoms with Crippen molar-refractivity contribution in [3.05, 3.63) is 35.1 Å². The summed E-state index contributed by atoms with van der Waals surface area (Å²) in [6, 6.07) is 2.70. The number of rotatable bonds is 6. The van der Waals surface area contributed by atoms with Gasteiger partial charge in [0.25, 0.3) is 5.91 Å². The van der Waals surface area contributed by atoms with E-state index in [0.29, 0.717) is 24.9 Å². The molecule has 0 heterocycles. The molecule has 0 atom stereocenters. The highest BCUT2D eigenvalue weighted by Gasteiger charge is 2.36. The number of hydrogen-bond acceptors (Lipinski definition) is 1. The van der Waals surface area contributed by atoms with Gasteiger partial charge in [0.1, 0.15) is 5.82 Å². The normalized spacial score (nSPS) is 11.5. The molecule has 1 amide bonds. The number of unbranched alkanes of at least 4 members (excludes halogenated alkanes) is 2. The van der Waals surface area contributed by atoms with Gasteiger partial charge < -0.3 is 4.90 Å². The molecule has 0 aliphatic rings. The van der Waals surface area contributed by atoms with E-state index in [1.807, 2.05) is 0 Å². The summed E-state index contributed by atoms with van der Waals surface area (Å²) >= 11 is 5.52. The second-order valence-electron chi connectivity index (χ2n) is 4.64. The molecule has 21 heavy (non-hydrogen) atoms. The van der Waals surface area contributed by atoms with Crippen LogP contribution in [0.5, 0.6) is 0 Å². The molecule has 0 radical (unpaired) electrons. The van der Waals surface area contributed by atoms with Crippen LogP contribution < -0.4 is 0 Å². The van der Waals surface area contributed by atoms with Crippen molar-refractivity contribution in [1.82, 2.24) is 4.90 Å². The second kappa shape index (κ2) is 7.64. The lowest BCUT2D eigenvalue weighted by atomic mass is 10.1. The smallest absolute Gasteiger partial charge is 0.342 e. The summed E-state index contributed by atoms with van der Waals surface area (Å²) in [5.74, 6) is -1.77. The molecule has 0 spiro atoms. The van der Waals surface area contributed by atoms with Crippen LogP contribution in [0.15, 0.2) is 18.2 Å². The standard InChI is InChI=1S/C14H16ClF4NO/c1-20(9-4-2-3-8-15)13(21)10-6-5-7-11(12(10)16)14(17,18)19/h5-7H,2-4,8-9H2,1H3. The average Bonchev–Trinajstić information content (AvgIpc) is 2.41. The van der Waals surface area contributed by atoms with E-state index >= 15 is 0 Å². The van der Waals surface area contributed by atoms with Gasteiger partial charge in [0, 0.05) is 19.5 Å². The molecule has 0 saturated carbocycles. The lowest BCUT2D eigenvalue weighted by Crippen LogP contribution is -2.29. The van der Waals surface area contributed by atoms with Gasteiger partial charge in [-0.05, 0) is 25.0 Å². The molecule has 0 saturated heterocycles. The zero-order chi connectivity index (χ0) is 16.0. The lowest BCUT2D eigenvalue weighted by molar-refractivity contribution is -0.140. The molecule has 0 aliphatic carbocycles. The number of amides is 1. The van der Waals surface area contributed by atoms with Gasteiger partial charge in [0.2, 0.25) is 0 Å². The molecular formula is C14H16ClF4NO. The van der Waals surface area contributed by atoms with Gasteiger partial charge >= 0.3 is 6.18 Å². The molecule has 0 aromatic heterocycles. The highest BCUT2D eigenvalue weighted by atomic mass is 35.5. The van der Waals surface area contributed by atoms with Crippen molar-refractivity contribution in [3.63, 3.8) is 0 Å². The maximum absolute atomic E-state index is 13.8. The van der Waals surface area contributed by atoms with Crippen molar-refractivity contribution in [3.8, 4) is 0 Å². The van der Waals surface area contributed by atoms with Gasteiger partial charge in [-0.15, -0.1) is 11.6 Å². The molecule has 0 bridgehead atoms. The van der Waals surface area contributed by atoms with Crippen LogP contribution in [-0.2, 0) is 6.18 Å². The lowest BCUT2D eigenvalue weighted by Gasteiger charge is -2.18. The van der Waals surface area contributed by atoms with Crippen LogP contribution in [0.2, 0.25) is 0 Å². The SMILES string of the molecule is CN(CCCCCCl)C(=O)c1cccc(C(F)(F)F)c1F. The number of halogens is 5. The molecule has 0 fully saturated rings. The zero-order valence-electron chi connectivity index (χ0n) is 11.5. The average molecular weight is 326 g/mol. The van der Waals surface area contributed by atoms with Crippen molar-refractivity contribution < 1.29 is 22.4 Å². The van der Waals surface area contributed by atoms with E-state index in [1.165, 1.54) is 11.9 Å². The molecular weight excluding hydrogens is 310 g/mol. The van der Waals surface area contributed by atoms with Gasteiger partial charge in [-0.25, -0.2) is 4.39 Å². The molecule has 2 nitrogen and oxygen atoms in total.